The first-order chi connectivity index (χ1) is 18.0. The molecule has 0 bridgehead atoms. The molecule has 1 N–H and O–H groups in total. The minimum atomic E-state index is -0.679. The van der Waals surface area contributed by atoms with E-state index < -0.39 is 17.6 Å². The van der Waals surface area contributed by atoms with Crippen LogP contribution in [0.3, 0.4) is 0 Å². The number of carbonyl (C=O) groups excluding carboxylic acids is 3. The Bertz CT molecular complexity index is 1290. The number of anilines is 1. The third-order valence-corrected chi connectivity index (χ3v) is 7.91. The minimum absolute atomic E-state index is 0.225. The van der Waals surface area contributed by atoms with E-state index in [1.807, 2.05) is 39.0 Å². The van der Waals surface area contributed by atoms with Gasteiger partial charge in [-0.25, -0.2) is 9.59 Å². The van der Waals surface area contributed by atoms with Crippen molar-refractivity contribution in [3.63, 3.8) is 0 Å². The monoisotopic (exact) mass is 526 g/mol. The summed E-state index contributed by atoms with van der Waals surface area (Å²) >= 11 is 0. The molecule has 4 heterocycles. The lowest BCUT2D eigenvalue weighted by molar-refractivity contribution is -0.135. The fourth-order valence-electron chi connectivity index (χ4n) is 5.86. The van der Waals surface area contributed by atoms with Gasteiger partial charge in [0.05, 0.1) is 11.0 Å². The second-order valence-electron chi connectivity index (χ2n) is 11.6. The zero-order valence-electron chi connectivity index (χ0n) is 22.7. The summed E-state index contributed by atoms with van der Waals surface area (Å²) in [5.41, 5.74) is 1.80. The molecule has 0 saturated carbocycles. The second kappa shape index (κ2) is 10.1. The van der Waals surface area contributed by atoms with Crippen molar-refractivity contribution >= 4 is 34.6 Å². The predicted molar refractivity (Wildman–Crippen MR) is 143 cm³/mol. The van der Waals surface area contributed by atoms with Gasteiger partial charge in [0.25, 0.3) is 0 Å². The summed E-state index contributed by atoms with van der Waals surface area (Å²) in [5.74, 6) is -0.718. The van der Waals surface area contributed by atoms with E-state index in [4.69, 9.17) is 4.74 Å². The third kappa shape index (κ3) is 5.16. The van der Waals surface area contributed by atoms with E-state index in [2.05, 4.69) is 15.1 Å². The number of fused-ring (bicyclic) bond motifs is 1. The Hall–Kier alpha value is -3.34. The first-order valence-electron chi connectivity index (χ1n) is 13.5. The number of carbonyl (C=O) groups is 3. The number of imidazole rings is 1. The number of piperazine rings is 1. The summed E-state index contributed by atoms with van der Waals surface area (Å²) in [6.45, 7) is 10.6. The molecule has 206 valence electrons. The van der Waals surface area contributed by atoms with Gasteiger partial charge in [-0.3, -0.25) is 28.9 Å². The van der Waals surface area contributed by atoms with Gasteiger partial charge in [-0.1, -0.05) is 0 Å². The molecule has 11 nitrogen and oxygen atoms in total. The molecule has 11 heteroatoms. The van der Waals surface area contributed by atoms with Crippen molar-refractivity contribution in [3.05, 3.63) is 28.7 Å². The van der Waals surface area contributed by atoms with Crippen molar-refractivity contribution in [2.45, 2.75) is 64.1 Å². The molecule has 3 aliphatic heterocycles. The molecule has 1 aromatic heterocycles. The highest BCUT2D eigenvalue weighted by molar-refractivity contribution is 6.00. The lowest BCUT2D eigenvalue weighted by atomic mass is 10.0. The molecule has 2 aromatic rings. The summed E-state index contributed by atoms with van der Waals surface area (Å²) in [7, 11) is 1.72. The summed E-state index contributed by atoms with van der Waals surface area (Å²) in [5, 5.41) is 2.36. The van der Waals surface area contributed by atoms with Gasteiger partial charge in [-0.15, -0.1) is 0 Å². The summed E-state index contributed by atoms with van der Waals surface area (Å²) in [6.07, 6.45) is 2.37. The smallest absolute Gasteiger partial charge is 0.410 e. The normalized spacial score (nSPS) is 22.2. The maximum atomic E-state index is 13.1. The van der Waals surface area contributed by atoms with Gasteiger partial charge in [0.1, 0.15) is 11.6 Å². The molecule has 3 fully saturated rings. The quantitative estimate of drug-likeness (QED) is 0.608. The Kier molecular flexibility index (Phi) is 6.97. The fourth-order valence-corrected chi connectivity index (χ4v) is 5.86. The number of amides is 3. The molecule has 38 heavy (non-hydrogen) atoms. The van der Waals surface area contributed by atoms with E-state index in [0.29, 0.717) is 31.1 Å². The number of ether oxygens (including phenoxy) is 1. The number of aromatic nitrogens is 2. The van der Waals surface area contributed by atoms with Crippen LogP contribution in [0.15, 0.2) is 23.0 Å². The van der Waals surface area contributed by atoms with Crippen LogP contribution in [-0.4, -0.2) is 87.8 Å². The Morgan fingerprint density at radius 2 is 1.63 bits per heavy atom. The number of rotatable bonds is 3. The first kappa shape index (κ1) is 26.3. The largest absolute Gasteiger partial charge is 0.444 e. The predicted octanol–water partition coefficient (Wildman–Crippen LogP) is 1.84. The van der Waals surface area contributed by atoms with Crippen LogP contribution in [-0.2, 0) is 21.4 Å². The van der Waals surface area contributed by atoms with Gasteiger partial charge in [-0.2, -0.15) is 0 Å². The molecular formula is C27H38N6O5. The van der Waals surface area contributed by atoms with Crippen LogP contribution in [0.2, 0.25) is 0 Å². The van der Waals surface area contributed by atoms with Crippen molar-refractivity contribution in [1.82, 2.24) is 24.3 Å². The van der Waals surface area contributed by atoms with E-state index in [9.17, 15) is 19.2 Å². The highest BCUT2D eigenvalue weighted by Crippen LogP contribution is 2.29. The number of benzene rings is 1. The SMILES string of the molecule is Cn1c(=O)n(C2CCC(=O)NC2=O)c2ccc(N3CCC(N4CCN(C(=O)OC(C)(C)C)CC4)CC3)cc21. The molecule has 1 aromatic carbocycles. The Morgan fingerprint density at radius 3 is 2.26 bits per heavy atom. The average Bonchev–Trinajstić information content (AvgIpc) is 3.12. The van der Waals surface area contributed by atoms with Gasteiger partial charge in [-0.05, 0) is 58.2 Å². The maximum Gasteiger partial charge on any atom is 0.410 e. The maximum absolute atomic E-state index is 13.1. The van der Waals surface area contributed by atoms with Gasteiger partial charge in [0, 0.05) is 64.5 Å². The van der Waals surface area contributed by atoms with E-state index in [0.717, 1.165) is 50.2 Å². The Morgan fingerprint density at radius 1 is 0.947 bits per heavy atom. The summed E-state index contributed by atoms with van der Waals surface area (Å²) in [6, 6.07) is 5.76. The number of nitrogens with zero attached hydrogens (tertiary/aromatic N) is 5. The van der Waals surface area contributed by atoms with Crippen LogP contribution in [0, 0.1) is 0 Å². The van der Waals surface area contributed by atoms with Crippen LogP contribution >= 0.6 is 0 Å². The van der Waals surface area contributed by atoms with Gasteiger partial charge >= 0.3 is 11.8 Å². The Labute approximate surface area is 222 Å². The molecule has 0 spiro atoms. The number of nitrogens with one attached hydrogen (secondary N) is 1. The number of aryl methyl sites for hydroxylation is 1. The summed E-state index contributed by atoms with van der Waals surface area (Å²) in [4.78, 5) is 56.1. The Balaban J connectivity index is 1.22. The molecule has 3 amide bonds. The van der Waals surface area contributed by atoms with Gasteiger partial charge < -0.3 is 14.5 Å². The van der Waals surface area contributed by atoms with Crippen molar-refractivity contribution in [1.29, 1.82) is 0 Å². The van der Waals surface area contributed by atoms with Gasteiger partial charge in [0.2, 0.25) is 11.8 Å². The van der Waals surface area contributed by atoms with Crippen molar-refractivity contribution in [2.75, 3.05) is 44.2 Å². The molecule has 0 aliphatic carbocycles. The van der Waals surface area contributed by atoms with Crippen molar-refractivity contribution < 1.29 is 19.1 Å². The highest BCUT2D eigenvalue weighted by atomic mass is 16.6. The van der Waals surface area contributed by atoms with Crippen LogP contribution in [0.5, 0.6) is 0 Å². The molecule has 5 rings (SSSR count). The number of hydrogen-bond donors (Lipinski definition) is 1. The van der Waals surface area contributed by atoms with E-state index >= 15 is 0 Å². The summed E-state index contributed by atoms with van der Waals surface area (Å²) < 4.78 is 8.62. The van der Waals surface area contributed by atoms with Crippen LogP contribution < -0.4 is 15.9 Å². The van der Waals surface area contributed by atoms with Crippen LogP contribution in [0.4, 0.5) is 10.5 Å². The zero-order chi connectivity index (χ0) is 27.2. The molecule has 3 saturated heterocycles. The number of imide groups is 1. The standard InChI is InChI=1S/C27H38N6O5/c1-27(2,3)38-26(37)32-15-13-31(14-16-32)18-9-11-30(12-10-18)19-5-6-20-22(17-19)29(4)25(36)33(20)21-7-8-23(34)28-24(21)35/h5-6,17-18,21H,7-16H2,1-4H3,(H,28,34,35). The number of piperidine rings is 2. The van der Waals surface area contributed by atoms with E-state index in [1.165, 1.54) is 4.57 Å². The molecular weight excluding hydrogens is 488 g/mol. The zero-order valence-corrected chi connectivity index (χ0v) is 22.7. The molecule has 0 radical (unpaired) electrons. The van der Waals surface area contributed by atoms with E-state index in [-0.39, 0.29) is 24.1 Å². The topological polar surface area (TPSA) is 109 Å². The van der Waals surface area contributed by atoms with E-state index in [1.54, 1.807) is 16.5 Å². The molecule has 3 aliphatic rings. The molecule has 1 atom stereocenters. The first-order valence-corrected chi connectivity index (χ1v) is 13.5. The highest BCUT2D eigenvalue weighted by Gasteiger charge is 2.33. The van der Waals surface area contributed by atoms with Crippen LogP contribution in [0.25, 0.3) is 11.0 Å². The van der Waals surface area contributed by atoms with Gasteiger partial charge in [0.15, 0.2) is 0 Å². The average molecular weight is 527 g/mol. The van der Waals surface area contributed by atoms with Crippen molar-refractivity contribution in [3.8, 4) is 0 Å². The number of hydrogen-bond acceptors (Lipinski definition) is 7. The third-order valence-electron chi connectivity index (χ3n) is 7.91. The second-order valence-corrected chi connectivity index (χ2v) is 11.6. The van der Waals surface area contributed by atoms with Crippen LogP contribution in [0.1, 0.15) is 52.5 Å². The lowest BCUT2D eigenvalue weighted by Crippen LogP contribution is -2.55. The van der Waals surface area contributed by atoms with Crippen molar-refractivity contribution in [2.24, 2.45) is 7.05 Å². The lowest BCUT2D eigenvalue weighted by Gasteiger charge is -2.43. The minimum Gasteiger partial charge on any atom is -0.444 e. The molecule has 1 unspecified atom stereocenters. The fraction of sp³-hybridized carbons (Fsp3) is 0.630.